The molecule has 0 aliphatic heterocycles. The van der Waals surface area contributed by atoms with Crippen molar-refractivity contribution in [3.05, 3.63) is 80.5 Å². The number of hydrogen-bond acceptors (Lipinski definition) is 7. The van der Waals surface area contributed by atoms with Gasteiger partial charge in [0.1, 0.15) is 29.1 Å². The maximum atomic E-state index is 13.2. The molecule has 38 heavy (non-hydrogen) atoms. The minimum atomic E-state index is -3.52. The number of benzene rings is 3. The number of aromatic hydroxyl groups is 1. The van der Waals surface area contributed by atoms with Gasteiger partial charge in [-0.05, 0) is 93.7 Å². The van der Waals surface area contributed by atoms with Crippen LogP contribution in [0.15, 0.2) is 63.5 Å². The van der Waals surface area contributed by atoms with E-state index in [2.05, 4.69) is 36.9 Å². The lowest BCUT2D eigenvalue weighted by atomic mass is 10.0. The SMILES string of the molecule is CCOC(=O)[C@@H](C)NP(=O)(COc1cc(Br)c(Oc2ccc(O)c(Cc3ccc(F)cc3)c2)c(Br)c1)OC. The lowest BCUT2D eigenvalue weighted by Crippen LogP contribution is -2.34. The van der Waals surface area contributed by atoms with Crippen molar-refractivity contribution in [2.24, 2.45) is 0 Å². The van der Waals surface area contributed by atoms with Gasteiger partial charge >= 0.3 is 13.5 Å². The average molecular weight is 675 g/mol. The summed E-state index contributed by atoms with van der Waals surface area (Å²) in [7, 11) is -2.25. The number of halogens is 3. The van der Waals surface area contributed by atoms with E-state index in [0.717, 1.165) is 5.56 Å². The molecule has 12 heteroatoms. The Hall–Kier alpha value is -2.43. The van der Waals surface area contributed by atoms with Crippen LogP contribution in [0.25, 0.3) is 0 Å². The monoisotopic (exact) mass is 673 g/mol. The number of ether oxygens (including phenoxy) is 3. The van der Waals surface area contributed by atoms with Gasteiger partial charge in [-0.2, -0.15) is 0 Å². The zero-order valence-corrected chi connectivity index (χ0v) is 24.9. The Labute approximate surface area is 237 Å². The number of rotatable bonds is 12. The normalized spacial score (nSPS) is 13.4. The molecule has 0 amide bonds. The van der Waals surface area contributed by atoms with Crippen LogP contribution in [0.4, 0.5) is 4.39 Å². The van der Waals surface area contributed by atoms with Gasteiger partial charge in [-0.25, -0.2) is 9.48 Å². The molecular weight excluding hydrogens is 648 g/mol. The van der Waals surface area contributed by atoms with Crippen molar-refractivity contribution in [1.82, 2.24) is 5.09 Å². The highest BCUT2D eigenvalue weighted by Crippen LogP contribution is 2.44. The minimum absolute atomic E-state index is 0.0945. The summed E-state index contributed by atoms with van der Waals surface area (Å²) in [5.41, 5.74) is 1.45. The maximum absolute atomic E-state index is 13.2. The van der Waals surface area contributed by atoms with Crippen LogP contribution in [0.2, 0.25) is 0 Å². The summed E-state index contributed by atoms with van der Waals surface area (Å²) in [6, 6.07) is 13.3. The maximum Gasteiger partial charge on any atom is 0.323 e. The van der Waals surface area contributed by atoms with E-state index in [1.165, 1.54) is 32.2 Å². The predicted octanol–water partition coefficient (Wildman–Crippen LogP) is 7.16. The van der Waals surface area contributed by atoms with Crippen LogP contribution in [0, 0.1) is 5.82 Å². The van der Waals surface area contributed by atoms with E-state index in [9.17, 15) is 18.9 Å². The third-order valence-corrected chi connectivity index (χ3v) is 8.29. The standard InChI is InChI=1S/C26H27Br2FNO7P/c1-4-35-26(32)16(2)30-38(33,34-3)15-36-21-13-22(27)25(23(28)14-21)37-20-9-10-24(31)18(12-20)11-17-5-7-19(29)8-6-17/h5-10,12-14,16,31H,4,11,15H2,1-3H3,(H,30,33)/t16-,38?/m1/s1. The molecular formula is C26H27Br2FNO7P. The fourth-order valence-corrected chi connectivity index (χ4v) is 5.95. The third kappa shape index (κ3) is 8.28. The minimum Gasteiger partial charge on any atom is -0.508 e. The molecule has 0 heterocycles. The molecule has 0 spiro atoms. The first-order valence-electron chi connectivity index (χ1n) is 11.5. The summed E-state index contributed by atoms with van der Waals surface area (Å²) >= 11 is 6.93. The molecule has 3 aromatic carbocycles. The van der Waals surface area contributed by atoms with Crippen LogP contribution in [0.1, 0.15) is 25.0 Å². The Balaban J connectivity index is 1.71. The van der Waals surface area contributed by atoms with Gasteiger partial charge in [0.2, 0.25) is 0 Å². The number of carbonyl (C=O) groups is 1. The first kappa shape index (κ1) is 30.1. The molecule has 1 unspecified atom stereocenters. The summed E-state index contributed by atoms with van der Waals surface area (Å²) in [4.78, 5) is 11.9. The second-order valence-electron chi connectivity index (χ2n) is 8.14. The van der Waals surface area contributed by atoms with Crippen molar-refractivity contribution < 1.29 is 37.6 Å². The summed E-state index contributed by atoms with van der Waals surface area (Å²) in [5, 5.41) is 12.9. The van der Waals surface area contributed by atoms with Gasteiger partial charge < -0.3 is 23.8 Å². The topological polar surface area (TPSA) is 103 Å². The number of esters is 1. The average Bonchev–Trinajstić information content (AvgIpc) is 2.88. The quantitative estimate of drug-likeness (QED) is 0.154. The summed E-state index contributed by atoms with van der Waals surface area (Å²) in [6.45, 7) is 3.41. The van der Waals surface area contributed by atoms with Crippen LogP contribution in [-0.2, 0) is 25.0 Å². The fourth-order valence-electron chi connectivity index (χ4n) is 3.34. The van der Waals surface area contributed by atoms with Crippen molar-refractivity contribution in [2.75, 3.05) is 20.1 Å². The summed E-state index contributed by atoms with van der Waals surface area (Å²) in [5.74, 6) is 0.492. The van der Waals surface area contributed by atoms with Crippen molar-refractivity contribution in [3.63, 3.8) is 0 Å². The zero-order valence-electron chi connectivity index (χ0n) is 20.9. The van der Waals surface area contributed by atoms with Crippen molar-refractivity contribution in [3.8, 4) is 23.0 Å². The molecule has 0 saturated carbocycles. The van der Waals surface area contributed by atoms with E-state index >= 15 is 0 Å². The molecule has 204 valence electrons. The highest BCUT2D eigenvalue weighted by atomic mass is 79.9. The van der Waals surface area contributed by atoms with E-state index < -0.39 is 19.5 Å². The Morgan fingerprint density at radius 1 is 1.08 bits per heavy atom. The van der Waals surface area contributed by atoms with Gasteiger partial charge in [-0.1, -0.05) is 12.1 Å². The van der Waals surface area contributed by atoms with Gasteiger partial charge in [-0.3, -0.25) is 9.36 Å². The molecule has 0 radical (unpaired) electrons. The fraction of sp³-hybridized carbons (Fsp3) is 0.269. The number of nitrogens with one attached hydrogen (secondary N) is 1. The van der Waals surface area contributed by atoms with E-state index in [4.69, 9.17) is 18.7 Å². The second kappa shape index (κ2) is 13.6. The van der Waals surface area contributed by atoms with Gasteiger partial charge in [0.15, 0.2) is 12.1 Å². The van der Waals surface area contributed by atoms with Crippen LogP contribution in [-0.4, -0.2) is 37.2 Å². The highest BCUT2D eigenvalue weighted by Gasteiger charge is 2.29. The number of phenolic OH excluding ortho intramolecular Hbond substituents is 1. The smallest absolute Gasteiger partial charge is 0.323 e. The molecule has 2 atom stereocenters. The van der Waals surface area contributed by atoms with Crippen LogP contribution < -0.4 is 14.6 Å². The summed E-state index contributed by atoms with van der Waals surface area (Å²) in [6.07, 6.45) is 0.0534. The molecule has 2 N–H and O–H groups in total. The molecule has 0 aliphatic carbocycles. The highest BCUT2D eigenvalue weighted by molar-refractivity contribution is 9.11. The van der Waals surface area contributed by atoms with Gasteiger partial charge in [0.05, 0.1) is 15.6 Å². The van der Waals surface area contributed by atoms with Gasteiger partial charge in [0.25, 0.3) is 0 Å². The number of hydrogen-bond donors (Lipinski definition) is 2. The molecule has 0 aliphatic rings. The molecule has 3 rings (SSSR count). The van der Waals surface area contributed by atoms with E-state index in [1.54, 1.807) is 43.3 Å². The predicted molar refractivity (Wildman–Crippen MR) is 149 cm³/mol. The van der Waals surface area contributed by atoms with Crippen LogP contribution >= 0.6 is 39.4 Å². The van der Waals surface area contributed by atoms with Crippen LogP contribution in [0.5, 0.6) is 23.0 Å². The lowest BCUT2D eigenvalue weighted by molar-refractivity contribution is -0.144. The van der Waals surface area contributed by atoms with E-state index in [0.29, 0.717) is 38.2 Å². The molecule has 0 bridgehead atoms. The van der Waals surface area contributed by atoms with Crippen molar-refractivity contribution in [2.45, 2.75) is 26.3 Å². The molecule has 0 fully saturated rings. The second-order valence-corrected chi connectivity index (χ2v) is 12.1. The van der Waals surface area contributed by atoms with Gasteiger partial charge in [-0.15, -0.1) is 0 Å². The largest absolute Gasteiger partial charge is 0.508 e. The van der Waals surface area contributed by atoms with E-state index in [1.807, 2.05) is 0 Å². The third-order valence-electron chi connectivity index (χ3n) is 5.28. The Bertz CT molecular complexity index is 1300. The zero-order chi connectivity index (χ0) is 27.9. The molecule has 3 aromatic rings. The first-order valence-corrected chi connectivity index (χ1v) is 14.9. The Morgan fingerprint density at radius 2 is 1.74 bits per heavy atom. The Kier molecular flexibility index (Phi) is 10.8. The lowest BCUT2D eigenvalue weighted by Gasteiger charge is -2.21. The van der Waals surface area contributed by atoms with Crippen molar-refractivity contribution >= 4 is 45.3 Å². The molecule has 0 aromatic heterocycles. The summed E-state index contributed by atoms with van der Waals surface area (Å²) < 4.78 is 49.1. The first-order chi connectivity index (χ1) is 18.0. The number of carbonyl (C=O) groups excluding carboxylic acids is 1. The molecule has 0 saturated heterocycles. The Morgan fingerprint density at radius 3 is 2.34 bits per heavy atom. The molecule has 8 nitrogen and oxygen atoms in total. The number of phenols is 1. The van der Waals surface area contributed by atoms with Gasteiger partial charge in [0, 0.05) is 19.1 Å². The van der Waals surface area contributed by atoms with E-state index in [-0.39, 0.29) is 24.5 Å². The van der Waals surface area contributed by atoms with Crippen molar-refractivity contribution in [1.29, 1.82) is 0 Å². The van der Waals surface area contributed by atoms with Crippen LogP contribution in [0.3, 0.4) is 0 Å².